The van der Waals surface area contributed by atoms with E-state index >= 15 is 0 Å². The van der Waals surface area contributed by atoms with Crippen molar-refractivity contribution in [3.05, 3.63) is 271 Å². The molecule has 2 aliphatic carbocycles. The number of hydrogen-bond donors (Lipinski definition) is 0. The molecule has 1 aromatic heterocycles. The van der Waals surface area contributed by atoms with Crippen LogP contribution in [0, 0.1) is 0 Å². The van der Waals surface area contributed by atoms with Crippen LogP contribution in [-0.4, -0.2) is 0 Å². The summed E-state index contributed by atoms with van der Waals surface area (Å²) in [6.45, 7) is 0. The molecule has 0 atom stereocenters. The summed E-state index contributed by atoms with van der Waals surface area (Å²) in [6, 6.07) is 93.1. The quantitative estimate of drug-likeness (QED) is 0.156. The highest BCUT2D eigenvalue weighted by Gasteiger charge is 2.51. The Morgan fingerprint density at radius 2 is 0.681 bits per heavy atom. The monoisotopic (exact) mass is 891 g/mol. The van der Waals surface area contributed by atoms with E-state index in [-0.39, 0.29) is 0 Å². The molecule has 0 saturated carbocycles. The molecule has 13 aromatic rings. The first-order chi connectivity index (χ1) is 34.2. The lowest BCUT2D eigenvalue weighted by atomic mass is 9.70. The lowest BCUT2D eigenvalue weighted by molar-refractivity contribution is 0.794. The summed E-state index contributed by atoms with van der Waals surface area (Å²) in [5.41, 5.74) is 18.4. The van der Waals surface area contributed by atoms with E-state index in [1.54, 1.807) is 0 Å². The Bertz CT molecular complexity index is 4190. The normalized spacial score (nSPS) is 13.0. The molecule has 0 radical (unpaired) electrons. The molecule has 0 unspecified atom stereocenters. The number of hydrogen-bond acceptors (Lipinski definition) is 2. The van der Waals surface area contributed by atoms with Gasteiger partial charge in [-0.2, -0.15) is 0 Å². The third-order valence-corrected chi connectivity index (χ3v) is 16.4. The van der Waals surface area contributed by atoms with E-state index in [0.29, 0.717) is 0 Å². The van der Waals surface area contributed by atoms with E-state index in [1.807, 2.05) is 11.3 Å². The van der Waals surface area contributed by atoms with Gasteiger partial charge in [0.2, 0.25) is 0 Å². The van der Waals surface area contributed by atoms with Gasteiger partial charge in [0.25, 0.3) is 0 Å². The Morgan fingerprint density at radius 3 is 1.35 bits per heavy atom. The summed E-state index contributed by atoms with van der Waals surface area (Å²) < 4.78 is 2.65. The van der Waals surface area contributed by atoms with E-state index in [1.165, 1.54) is 119 Å². The fourth-order valence-corrected chi connectivity index (χ4v) is 13.4. The van der Waals surface area contributed by atoms with Crippen LogP contribution in [0.3, 0.4) is 0 Å². The van der Waals surface area contributed by atoms with Gasteiger partial charge in [0, 0.05) is 37.2 Å². The number of anilines is 3. The number of nitrogens with zero attached hydrogens (tertiary/aromatic N) is 1. The van der Waals surface area contributed by atoms with Crippen LogP contribution in [0.15, 0.2) is 249 Å². The van der Waals surface area contributed by atoms with Crippen molar-refractivity contribution in [3.8, 4) is 44.5 Å². The molecule has 12 aromatic carbocycles. The second-order valence-electron chi connectivity index (χ2n) is 18.7. The highest BCUT2D eigenvalue weighted by molar-refractivity contribution is 7.25. The fraction of sp³-hybridized carbons (Fsp3) is 0.0149. The van der Waals surface area contributed by atoms with Crippen LogP contribution in [0.25, 0.3) is 97.0 Å². The van der Waals surface area contributed by atoms with Crippen molar-refractivity contribution >= 4 is 80.9 Å². The summed E-state index contributed by atoms with van der Waals surface area (Å²) in [6.07, 6.45) is 0. The third-order valence-electron chi connectivity index (χ3n) is 15.3. The van der Waals surface area contributed by atoms with Gasteiger partial charge in [-0.25, -0.2) is 0 Å². The second-order valence-corrected chi connectivity index (χ2v) is 19.8. The smallest absolute Gasteiger partial charge is 0.0725 e. The minimum absolute atomic E-state index is 0.398. The summed E-state index contributed by atoms with van der Waals surface area (Å²) in [4.78, 5) is 2.47. The van der Waals surface area contributed by atoms with Crippen molar-refractivity contribution in [3.63, 3.8) is 0 Å². The lowest BCUT2D eigenvalue weighted by Crippen LogP contribution is -2.25. The first-order valence-electron chi connectivity index (χ1n) is 23.9. The minimum Gasteiger partial charge on any atom is -0.310 e. The van der Waals surface area contributed by atoms with Crippen LogP contribution < -0.4 is 4.90 Å². The standard InChI is InChI=1S/C67H41NS/c1-2-18-51-49(16-1)50-17-3-4-19-52(50)59-40-47(33-36-53(51)59)68(46-31-28-42(29-32-46)43-14-13-15-44(38-43)45-30-35-58-57-23-8-12-27-65(57)69-66(58)39-45)48-34-37-64-60(41-48)56-22-7-11-26-63(56)67(64)61-24-9-5-20-54(61)55-21-6-10-25-62(55)67/h1-41H. The van der Waals surface area contributed by atoms with Gasteiger partial charge in [-0.15, -0.1) is 11.3 Å². The van der Waals surface area contributed by atoms with Crippen LogP contribution in [0.2, 0.25) is 0 Å². The highest BCUT2D eigenvalue weighted by Crippen LogP contribution is 2.63. The van der Waals surface area contributed by atoms with Crippen molar-refractivity contribution in [1.29, 1.82) is 0 Å². The Morgan fingerprint density at radius 1 is 0.246 bits per heavy atom. The maximum absolute atomic E-state index is 2.47. The topological polar surface area (TPSA) is 3.24 Å². The van der Waals surface area contributed by atoms with Crippen molar-refractivity contribution in [1.82, 2.24) is 0 Å². The van der Waals surface area contributed by atoms with Crippen LogP contribution in [0.1, 0.15) is 22.3 Å². The van der Waals surface area contributed by atoms with Crippen LogP contribution in [0.4, 0.5) is 17.1 Å². The summed E-state index contributed by atoms with van der Waals surface area (Å²) in [5, 5.41) is 10.3. The average Bonchev–Trinajstić information content (AvgIpc) is 4.05. The van der Waals surface area contributed by atoms with E-state index in [2.05, 4.69) is 254 Å². The zero-order valence-corrected chi connectivity index (χ0v) is 38.3. The number of rotatable bonds is 5. The molecule has 0 saturated heterocycles. The largest absolute Gasteiger partial charge is 0.310 e. The highest BCUT2D eigenvalue weighted by atomic mass is 32.1. The van der Waals surface area contributed by atoms with Gasteiger partial charge < -0.3 is 4.90 Å². The van der Waals surface area contributed by atoms with E-state index in [9.17, 15) is 0 Å². The van der Waals surface area contributed by atoms with Crippen LogP contribution >= 0.6 is 11.3 Å². The van der Waals surface area contributed by atoms with Crippen molar-refractivity contribution in [2.24, 2.45) is 0 Å². The first-order valence-corrected chi connectivity index (χ1v) is 24.7. The number of fused-ring (bicyclic) bond motifs is 19. The van der Waals surface area contributed by atoms with Gasteiger partial charge in [-0.05, 0) is 154 Å². The first kappa shape index (κ1) is 38.5. The molecule has 2 aliphatic rings. The Hall–Kier alpha value is -8.56. The van der Waals surface area contributed by atoms with Gasteiger partial charge in [0.15, 0.2) is 0 Å². The maximum Gasteiger partial charge on any atom is 0.0725 e. The second kappa shape index (κ2) is 14.7. The average molecular weight is 892 g/mol. The molecule has 2 heteroatoms. The van der Waals surface area contributed by atoms with E-state index < -0.39 is 5.41 Å². The third kappa shape index (κ3) is 5.52. The van der Waals surface area contributed by atoms with Gasteiger partial charge >= 0.3 is 0 Å². The van der Waals surface area contributed by atoms with Gasteiger partial charge in [0.05, 0.1) is 5.41 Å². The predicted molar refractivity (Wildman–Crippen MR) is 294 cm³/mol. The molecule has 320 valence electrons. The molecule has 1 nitrogen and oxygen atoms in total. The van der Waals surface area contributed by atoms with Gasteiger partial charge in [-0.1, -0.05) is 194 Å². The Balaban J connectivity index is 0.900. The Labute approximate surface area is 404 Å². The summed E-state index contributed by atoms with van der Waals surface area (Å²) in [5.74, 6) is 0. The predicted octanol–water partition coefficient (Wildman–Crippen LogP) is 18.7. The molecule has 0 fully saturated rings. The molecule has 0 amide bonds. The zero-order chi connectivity index (χ0) is 45.2. The Kier molecular flexibility index (Phi) is 8.22. The minimum atomic E-state index is -0.398. The van der Waals surface area contributed by atoms with Crippen molar-refractivity contribution < 1.29 is 0 Å². The van der Waals surface area contributed by atoms with Gasteiger partial charge in [0.1, 0.15) is 0 Å². The zero-order valence-electron chi connectivity index (χ0n) is 37.5. The maximum atomic E-state index is 2.47. The molecule has 1 spiro atoms. The number of benzene rings is 12. The molecular formula is C67H41NS. The van der Waals surface area contributed by atoms with Crippen LogP contribution in [0.5, 0.6) is 0 Å². The van der Waals surface area contributed by atoms with E-state index in [4.69, 9.17) is 0 Å². The molecule has 0 N–H and O–H groups in total. The fourth-order valence-electron chi connectivity index (χ4n) is 12.3. The molecule has 0 bridgehead atoms. The van der Waals surface area contributed by atoms with Gasteiger partial charge in [-0.3, -0.25) is 0 Å². The van der Waals surface area contributed by atoms with Crippen molar-refractivity contribution in [2.45, 2.75) is 5.41 Å². The summed E-state index contributed by atoms with van der Waals surface area (Å²) >= 11 is 1.87. The molecule has 69 heavy (non-hydrogen) atoms. The number of thiophene rings is 1. The lowest BCUT2D eigenvalue weighted by Gasteiger charge is -2.31. The molecule has 1 heterocycles. The molecule has 15 rings (SSSR count). The molecule has 0 aliphatic heterocycles. The summed E-state index contributed by atoms with van der Waals surface area (Å²) in [7, 11) is 0. The van der Waals surface area contributed by atoms with Crippen molar-refractivity contribution in [2.75, 3.05) is 4.90 Å². The van der Waals surface area contributed by atoms with Crippen LogP contribution in [-0.2, 0) is 5.41 Å². The van der Waals surface area contributed by atoms with E-state index in [0.717, 1.165) is 17.1 Å². The SMILES string of the molecule is c1cc(-c2ccc(N(c3ccc4c(c3)-c3ccccc3C43c4ccccc4-c4ccccc43)c3ccc4c5ccccc5c5ccccc5c4c3)cc2)cc(-c2ccc3c(c2)sc2ccccc23)c1. The molecular weight excluding hydrogens is 851 g/mol.